The van der Waals surface area contributed by atoms with Crippen molar-refractivity contribution in [3.05, 3.63) is 40.1 Å². The standard InChI is InChI=1S/C15H16N6OS/c1-9-16-14(8-23-9)21-5-4-11(20-21)6-15(22)17-13-7-12(18-19-13)10-2-3-10/h4-5,7-8,10H,2-3,6H2,1H3,(H2,17,18,19,22). The molecule has 4 rings (SSSR count). The summed E-state index contributed by atoms with van der Waals surface area (Å²) in [6, 6.07) is 3.74. The van der Waals surface area contributed by atoms with E-state index >= 15 is 0 Å². The maximum Gasteiger partial charge on any atom is 0.231 e. The van der Waals surface area contributed by atoms with Crippen molar-refractivity contribution < 1.29 is 4.79 Å². The Morgan fingerprint density at radius 1 is 1.52 bits per heavy atom. The Morgan fingerprint density at radius 3 is 3.13 bits per heavy atom. The lowest BCUT2D eigenvalue weighted by Gasteiger charge is -1.99. The summed E-state index contributed by atoms with van der Waals surface area (Å²) < 4.78 is 1.69. The van der Waals surface area contributed by atoms with Gasteiger partial charge in [0.25, 0.3) is 0 Å². The highest BCUT2D eigenvalue weighted by Crippen LogP contribution is 2.39. The van der Waals surface area contributed by atoms with Crippen LogP contribution < -0.4 is 5.32 Å². The van der Waals surface area contributed by atoms with Gasteiger partial charge in [-0.25, -0.2) is 9.67 Å². The van der Waals surface area contributed by atoms with Crippen LogP contribution in [0.3, 0.4) is 0 Å². The molecule has 3 heterocycles. The molecule has 1 fully saturated rings. The zero-order valence-corrected chi connectivity index (χ0v) is 13.4. The molecule has 0 aromatic carbocycles. The van der Waals surface area contributed by atoms with Crippen LogP contribution in [0.2, 0.25) is 0 Å². The minimum Gasteiger partial charge on any atom is -0.309 e. The number of nitrogens with one attached hydrogen (secondary N) is 2. The van der Waals surface area contributed by atoms with Crippen molar-refractivity contribution >= 4 is 23.1 Å². The number of nitrogens with zero attached hydrogens (tertiary/aromatic N) is 4. The molecule has 8 heteroatoms. The lowest BCUT2D eigenvalue weighted by molar-refractivity contribution is -0.115. The third kappa shape index (κ3) is 3.16. The molecule has 0 aliphatic heterocycles. The molecule has 1 saturated carbocycles. The van der Waals surface area contributed by atoms with Crippen LogP contribution in [0.15, 0.2) is 23.7 Å². The van der Waals surface area contributed by atoms with Gasteiger partial charge < -0.3 is 5.32 Å². The molecule has 7 nitrogen and oxygen atoms in total. The second kappa shape index (κ2) is 5.62. The number of H-pyrrole nitrogens is 1. The first-order chi connectivity index (χ1) is 11.2. The summed E-state index contributed by atoms with van der Waals surface area (Å²) in [6.07, 6.45) is 4.42. The number of thiazole rings is 1. The Kier molecular flexibility index (Phi) is 3.45. The molecule has 2 N–H and O–H groups in total. The minimum atomic E-state index is -0.126. The molecule has 0 atom stereocenters. The number of aryl methyl sites for hydroxylation is 1. The topological polar surface area (TPSA) is 88.5 Å². The predicted octanol–water partition coefficient (Wildman–Crippen LogP) is 2.42. The Balaban J connectivity index is 1.39. The molecule has 0 radical (unpaired) electrons. The molecule has 3 aromatic heterocycles. The highest BCUT2D eigenvalue weighted by atomic mass is 32.1. The Bertz CT molecular complexity index is 844. The maximum atomic E-state index is 12.1. The quantitative estimate of drug-likeness (QED) is 0.753. The van der Waals surface area contributed by atoms with Gasteiger partial charge >= 0.3 is 0 Å². The molecular formula is C15H16N6OS. The van der Waals surface area contributed by atoms with Gasteiger partial charge in [0.2, 0.25) is 5.91 Å². The highest BCUT2D eigenvalue weighted by molar-refractivity contribution is 7.09. The summed E-state index contributed by atoms with van der Waals surface area (Å²) in [7, 11) is 0. The normalized spacial score (nSPS) is 14.1. The summed E-state index contributed by atoms with van der Waals surface area (Å²) in [5.41, 5.74) is 1.80. The number of carbonyl (C=O) groups excluding carboxylic acids is 1. The van der Waals surface area contributed by atoms with Crippen LogP contribution in [-0.2, 0) is 11.2 Å². The van der Waals surface area contributed by atoms with Crippen molar-refractivity contribution in [3.63, 3.8) is 0 Å². The minimum absolute atomic E-state index is 0.126. The number of amides is 1. The van der Waals surface area contributed by atoms with E-state index in [4.69, 9.17) is 0 Å². The van der Waals surface area contributed by atoms with Crippen LogP contribution in [0.1, 0.15) is 35.2 Å². The Morgan fingerprint density at radius 2 is 2.39 bits per heavy atom. The molecular weight excluding hydrogens is 312 g/mol. The second-order valence-electron chi connectivity index (χ2n) is 5.68. The van der Waals surface area contributed by atoms with Gasteiger partial charge in [-0.3, -0.25) is 9.89 Å². The first-order valence-corrected chi connectivity index (χ1v) is 8.37. The van der Waals surface area contributed by atoms with Crippen molar-refractivity contribution in [2.45, 2.75) is 32.1 Å². The number of aromatic amines is 1. The van der Waals surface area contributed by atoms with Crippen molar-refractivity contribution in [3.8, 4) is 5.82 Å². The van der Waals surface area contributed by atoms with Crippen LogP contribution in [-0.4, -0.2) is 30.9 Å². The third-order valence-corrected chi connectivity index (χ3v) is 4.47. The van der Waals surface area contributed by atoms with E-state index in [1.165, 1.54) is 12.8 Å². The van der Waals surface area contributed by atoms with E-state index in [0.717, 1.165) is 16.5 Å². The van der Waals surface area contributed by atoms with Crippen LogP contribution in [0.5, 0.6) is 0 Å². The van der Waals surface area contributed by atoms with Gasteiger partial charge in [-0.2, -0.15) is 10.2 Å². The first kappa shape index (κ1) is 14.1. The van der Waals surface area contributed by atoms with Crippen molar-refractivity contribution in [2.24, 2.45) is 0 Å². The first-order valence-electron chi connectivity index (χ1n) is 7.49. The van der Waals surface area contributed by atoms with E-state index < -0.39 is 0 Å². The van der Waals surface area contributed by atoms with Crippen molar-refractivity contribution in [1.82, 2.24) is 25.0 Å². The maximum absolute atomic E-state index is 12.1. The molecule has 0 spiro atoms. The van der Waals surface area contributed by atoms with Gasteiger partial charge in [0.05, 0.1) is 17.1 Å². The van der Waals surface area contributed by atoms with Crippen LogP contribution in [0, 0.1) is 6.92 Å². The average molecular weight is 328 g/mol. The summed E-state index contributed by atoms with van der Waals surface area (Å²) in [6.45, 7) is 1.95. The monoisotopic (exact) mass is 328 g/mol. The van der Waals surface area contributed by atoms with Crippen molar-refractivity contribution in [2.75, 3.05) is 5.32 Å². The van der Waals surface area contributed by atoms with Gasteiger partial charge in [0.1, 0.15) is 0 Å². The van der Waals surface area contributed by atoms with Gasteiger partial charge in [0.15, 0.2) is 11.6 Å². The fourth-order valence-corrected chi connectivity index (χ4v) is 2.98. The highest BCUT2D eigenvalue weighted by Gasteiger charge is 2.25. The number of anilines is 1. The van der Waals surface area contributed by atoms with Crippen LogP contribution >= 0.6 is 11.3 Å². The molecule has 3 aromatic rings. The van der Waals surface area contributed by atoms with Crippen LogP contribution in [0.25, 0.3) is 5.82 Å². The zero-order chi connectivity index (χ0) is 15.8. The lowest BCUT2D eigenvalue weighted by atomic mass is 10.3. The van der Waals surface area contributed by atoms with E-state index in [0.29, 0.717) is 17.4 Å². The molecule has 118 valence electrons. The van der Waals surface area contributed by atoms with Gasteiger partial charge in [-0.15, -0.1) is 11.3 Å². The SMILES string of the molecule is Cc1nc(-n2ccc(CC(=O)Nc3cc(C4CC4)[nH]n3)n2)cs1. The number of aromatic nitrogens is 5. The van der Waals surface area contributed by atoms with Gasteiger partial charge in [-0.05, 0) is 25.8 Å². The summed E-state index contributed by atoms with van der Waals surface area (Å²) >= 11 is 1.57. The molecule has 23 heavy (non-hydrogen) atoms. The number of hydrogen-bond donors (Lipinski definition) is 2. The van der Waals surface area contributed by atoms with Gasteiger partial charge in [0, 0.05) is 29.3 Å². The van der Waals surface area contributed by atoms with E-state index in [9.17, 15) is 4.79 Å². The summed E-state index contributed by atoms with van der Waals surface area (Å²) in [4.78, 5) is 16.5. The third-order valence-electron chi connectivity index (χ3n) is 3.71. The molecule has 1 aliphatic carbocycles. The number of carbonyl (C=O) groups is 1. The van der Waals surface area contributed by atoms with E-state index in [1.807, 2.05) is 30.6 Å². The predicted molar refractivity (Wildman–Crippen MR) is 86.9 cm³/mol. The summed E-state index contributed by atoms with van der Waals surface area (Å²) in [5, 5.41) is 17.2. The number of hydrogen-bond acceptors (Lipinski definition) is 5. The van der Waals surface area contributed by atoms with E-state index in [-0.39, 0.29) is 12.3 Å². The average Bonchev–Trinajstić information content (AvgIpc) is 2.91. The lowest BCUT2D eigenvalue weighted by Crippen LogP contribution is -2.15. The zero-order valence-electron chi connectivity index (χ0n) is 12.6. The molecule has 1 amide bonds. The molecule has 1 aliphatic rings. The van der Waals surface area contributed by atoms with E-state index in [1.54, 1.807) is 16.0 Å². The van der Waals surface area contributed by atoms with Crippen molar-refractivity contribution in [1.29, 1.82) is 0 Å². The summed E-state index contributed by atoms with van der Waals surface area (Å²) in [5.74, 6) is 1.82. The van der Waals surface area contributed by atoms with Gasteiger partial charge in [-0.1, -0.05) is 0 Å². The second-order valence-corrected chi connectivity index (χ2v) is 6.75. The Hall–Kier alpha value is -2.48. The Labute approximate surface area is 136 Å². The fraction of sp³-hybridized carbons (Fsp3) is 0.333. The number of rotatable bonds is 5. The molecule has 0 unspecified atom stereocenters. The van der Waals surface area contributed by atoms with Crippen LogP contribution in [0.4, 0.5) is 5.82 Å². The van der Waals surface area contributed by atoms with E-state index in [2.05, 4.69) is 25.6 Å². The largest absolute Gasteiger partial charge is 0.309 e. The fourth-order valence-electron chi connectivity index (χ4n) is 2.40. The smallest absolute Gasteiger partial charge is 0.231 e. The molecule has 0 bridgehead atoms. The molecule has 0 saturated heterocycles.